The molecule has 1 saturated heterocycles. The number of sulfonamides is 1. The van der Waals surface area contributed by atoms with Crippen molar-refractivity contribution in [2.45, 2.75) is 37.5 Å². The maximum Gasteiger partial charge on any atom is 0.493 e. The molecule has 1 aliphatic rings. The second kappa shape index (κ2) is 11.1. The molecule has 0 radical (unpaired) electrons. The van der Waals surface area contributed by atoms with Crippen LogP contribution in [-0.4, -0.2) is 48.5 Å². The number of anilines is 2. The Morgan fingerprint density at radius 2 is 1.85 bits per heavy atom. The van der Waals surface area contributed by atoms with Gasteiger partial charge in [0.05, 0.1) is 0 Å². The van der Waals surface area contributed by atoms with Crippen LogP contribution in [0.4, 0.5) is 33.5 Å². The molecule has 0 amide bonds. The summed E-state index contributed by atoms with van der Waals surface area (Å²) in [4.78, 5) is 23.0. The first-order chi connectivity index (χ1) is 18.4. The zero-order chi connectivity index (χ0) is 28.4. The second-order valence-corrected chi connectivity index (χ2v) is 10.3. The third kappa shape index (κ3) is 6.09. The van der Waals surface area contributed by atoms with Crippen molar-refractivity contribution in [3.8, 4) is 0 Å². The number of halogens is 5. The monoisotopic (exact) mass is 571 g/mol. The lowest BCUT2D eigenvalue weighted by Gasteiger charge is -2.31. The number of hydrogen-bond acceptors (Lipinski definition) is 8. The Morgan fingerprint density at radius 1 is 1.15 bits per heavy atom. The van der Waals surface area contributed by atoms with E-state index in [1.165, 1.54) is 6.92 Å². The van der Waals surface area contributed by atoms with Crippen molar-refractivity contribution in [1.82, 2.24) is 14.9 Å². The Hall–Kier alpha value is -3.85. The predicted octanol–water partition coefficient (Wildman–Crippen LogP) is 4.10. The summed E-state index contributed by atoms with van der Waals surface area (Å²) in [7, 11) is -5.58. The maximum absolute atomic E-state index is 15.4. The van der Waals surface area contributed by atoms with Crippen LogP contribution in [0.25, 0.3) is 0 Å². The summed E-state index contributed by atoms with van der Waals surface area (Å²) in [5, 5.41) is 2.89. The lowest BCUT2D eigenvalue weighted by atomic mass is 10.0. The zero-order valence-electron chi connectivity index (χ0n) is 20.4. The van der Waals surface area contributed by atoms with Crippen LogP contribution in [0.15, 0.2) is 53.8 Å². The Labute approximate surface area is 220 Å². The molecule has 4 rings (SSSR count). The van der Waals surface area contributed by atoms with Gasteiger partial charge in [0.1, 0.15) is 12.1 Å². The molecule has 2 aromatic carbocycles. The average Bonchev–Trinajstić information content (AvgIpc) is 2.86. The topological polar surface area (TPSA) is 105 Å². The molecule has 1 aliphatic heterocycles. The summed E-state index contributed by atoms with van der Waals surface area (Å²) in [6.07, 6.45) is -2.84. The van der Waals surface area contributed by atoms with E-state index < -0.39 is 49.0 Å². The first kappa shape index (κ1) is 28.2. The average molecular weight is 572 g/mol. The third-order valence-corrected chi connectivity index (χ3v) is 7.57. The summed E-state index contributed by atoms with van der Waals surface area (Å²) >= 11 is 0. The van der Waals surface area contributed by atoms with Crippen molar-refractivity contribution < 1.29 is 40.0 Å². The van der Waals surface area contributed by atoms with Crippen molar-refractivity contribution in [3.05, 3.63) is 77.2 Å². The number of hydrogen-bond donors (Lipinski definition) is 1. The predicted molar refractivity (Wildman–Crippen MR) is 129 cm³/mol. The Kier molecular flexibility index (Phi) is 8.02. The highest BCUT2D eigenvalue weighted by molar-refractivity contribution is 7.92. The van der Waals surface area contributed by atoms with Crippen LogP contribution < -0.4 is 9.79 Å². The highest BCUT2D eigenvalue weighted by Crippen LogP contribution is 2.33. The summed E-state index contributed by atoms with van der Waals surface area (Å²) in [5.41, 5.74) is 1.45. The molecular formula is C24H22F5N5O4S. The van der Waals surface area contributed by atoms with Crippen LogP contribution >= 0.6 is 0 Å². The molecule has 0 saturated carbocycles. The van der Waals surface area contributed by atoms with Gasteiger partial charge in [-0.05, 0) is 43.6 Å². The van der Waals surface area contributed by atoms with Crippen molar-refractivity contribution in [2.75, 3.05) is 22.9 Å². The molecule has 1 N–H and O–H groups in total. The van der Waals surface area contributed by atoms with Gasteiger partial charge in [-0.25, -0.2) is 23.5 Å². The number of alkyl halides is 3. The highest BCUT2D eigenvalue weighted by atomic mass is 32.2. The lowest BCUT2D eigenvalue weighted by molar-refractivity contribution is -0.199. The molecule has 15 heteroatoms. The van der Waals surface area contributed by atoms with Crippen LogP contribution in [0.2, 0.25) is 0 Å². The first-order valence-electron chi connectivity index (χ1n) is 11.5. The Bertz CT molecular complexity index is 1470. The van der Waals surface area contributed by atoms with Gasteiger partial charge < -0.3 is 10.2 Å². The fourth-order valence-electron chi connectivity index (χ4n) is 3.79. The van der Waals surface area contributed by atoms with E-state index >= 15 is 8.78 Å². The molecule has 1 aromatic heterocycles. The molecule has 39 heavy (non-hydrogen) atoms. The number of rotatable bonds is 9. The van der Waals surface area contributed by atoms with E-state index in [0.29, 0.717) is 12.6 Å². The van der Waals surface area contributed by atoms with Gasteiger partial charge in [-0.3, -0.25) is 4.90 Å². The molecule has 1 fully saturated rings. The minimum atomic E-state index is -5.62. The van der Waals surface area contributed by atoms with E-state index in [9.17, 15) is 26.4 Å². The van der Waals surface area contributed by atoms with E-state index in [-0.39, 0.29) is 17.8 Å². The van der Waals surface area contributed by atoms with Gasteiger partial charge in [-0.2, -0.15) is 21.6 Å². The molecule has 2 heterocycles. The molecule has 208 valence electrons. The van der Waals surface area contributed by atoms with Gasteiger partial charge in [0.25, 0.3) is 0 Å². The Balaban J connectivity index is 1.65. The van der Waals surface area contributed by atoms with Crippen molar-refractivity contribution in [1.29, 1.82) is 0 Å². The third-order valence-electron chi connectivity index (χ3n) is 5.98. The van der Waals surface area contributed by atoms with E-state index in [2.05, 4.69) is 25.0 Å². The zero-order valence-corrected chi connectivity index (χ0v) is 21.2. The minimum Gasteiger partial charge on any atom is -0.381 e. The van der Waals surface area contributed by atoms with Gasteiger partial charge >= 0.3 is 22.2 Å². The maximum atomic E-state index is 15.4. The quantitative estimate of drug-likeness (QED) is 0.303. The van der Waals surface area contributed by atoms with Crippen LogP contribution in [0.3, 0.4) is 0 Å². The van der Waals surface area contributed by atoms with E-state index in [0.717, 1.165) is 49.2 Å². The highest BCUT2D eigenvalue weighted by Gasteiger charge is 2.46. The number of benzene rings is 2. The smallest absolute Gasteiger partial charge is 0.381 e. The first-order valence-corrected chi connectivity index (χ1v) is 13.0. The molecule has 0 atom stereocenters. The lowest BCUT2D eigenvalue weighted by Crippen LogP contribution is -2.40. The molecule has 0 unspecified atom stereocenters. The van der Waals surface area contributed by atoms with Crippen LogP contribution in [0, 0.1) is 18.6 Å². The van der Waals surface area contributed by atoms with E-state index in [1.54, 1.807) is 0 Å². The summed E-state index contributed by atoms with van der Waals surface area (Å²) in [6.45, 7) is 3.96. The molecule has 9 nitrogen and oxygen atoms in total. The van der Waals surface area contributed by atoms with E-state index in [1.807, 2.05) is 24.3 Å². The van der Waals surface area contributed by atoms with Gasteiger partial charge in [-0.1, -0.05) is 28.7 Å². The van der Waals surface area contributed by atoms with Gasteiger partial charge in [-0.15, -0.1) is 0 Å². The van der Waals surface area contributed by atoms with Gasteiger partial charge in [0.2, 0.25) is 0 Å². The molecule has 0 aliphatic carbocycles. The normalized spacial score (nSPS) is 14.0. The van der Waals surface area contributed by atoms with E-state index in [4.69, 9.17) is 0 Å². The van der Waals surface area contributed by atoms with Crippen molar-refractivity contribution >= 4 is 27.5 Å². The number of aromatic nitrogens is 2. The fraction of sp³-hybridized carbons (Fsp3) is 0.292. The number of likely N-dealkylation sites (tertiary alicyclic amines) is 1. The van der Waals surface area contributed by atoms with Gasteiger partial charge in [0.15, 0.2) is 16.5 Å². The molecular weight excluding hydrogens is 549 g/mol. The largest absolute Gasteiger partial charge is 0.493 e. The summed E-state index contributed by atoms with van der Waals surface area (Å²) in [5.74, 6) is -7.05. The summed E-state index contributed by atoms with van der Waals surface area (Å²) in [6, 6.07) is 8.94. The van der Waals surface area contributed by atoms with Crippen LogP contribution in [0.1, 0.15) is 23.1 Å². The SMILES string of the molecule is Cc1c(NCc2ccccc2CN2CCC2)cc(F)c(S(=O)(=O)N(OC(=O)C(F)(F)F)c2ccncn2)c1F. The van der Waals surface area contributed by atoms with Crippen LogP contribution in [0.5, 0.6) is 0 Å². The van der Waals surface area contributed by atoms with Crippen LogP contribution in [-0.2, 0) is 32.7 Å². The molecule has 3 aromatic rings. The molecule has 0 spiro atoms. The second-order valence-electron chi connectivity index (χ2n) is 8.60. The van der Waals surface area contributed by atoms with Gasteiger partial charge in [0, 0.05) is 36.6 Å². The fourth-order valence-corrected chi connectivity index (χ4v) is 5.16. The number of carbonyl (C=O) groups excluding carboxylic acids is 1. The minimum absolute atomic E-state index is 0.0800. The Morgan fingerprint density at radius 3 is 2.44 bits per heavy atom. The summed E-state index contributed by atoms with van der Waals surface area (Å²) < 4.78 is 94.9. The van der Waals surface area contributed by atoms with Crippen molar-refractivity contribution in [2.24, 2.45) is 0 Å². The number of nitrogens with zero attached hydrogens (tertiary/aromatic N) is 4. The molecule has 0 bridgehead atoms. The number of nitrogens with one attached hydrogen (secondary N) is 1. The standard InChI is InChI=1S/C24H22F5N5O4S/c1-15-19(31-12-16-5-2-3-6-17(16)13-33-9-4-10-33)11-18(25)22(21(15)26)39(36,37)34(20-7-8-30-14-32-20)38-23(35)24(27,28)29/h2-3,5-8,11,14,31H,4,9-10,12-13H2,1H3. The van der Waals surface area contributed by atoms with Crippen molar-refractivity contribution in [3.63, 3.8) is 0 Å². The number of carbonyl (C=O) groups is 1.